The summed E-state index contributed by atoms with van der Waals surface area (Å²) in [5.41, 5.74) is 0.500. The van der Waals surface area contributed by atoms with Crippen molar-refractivity contribution in [1.82, 2.24) is 9.88 Å². The minimum absolute atomic E-state index is 0.0764. The monoisotopic (exact) mass is 364 g/mol. The SMILES string of the molecule is C[C@@H]1CN(C(=O)c2cc3cc(Br)ccc3[nH]2)C[C@@]1(C)C(=O)O. The van der Waals surface area contributed by atoms with Crippen molar-refractivity contribution in [2.24, 2.45) is 11.3 Å². The molecule has 0 radical (unpaired) electrons. The van der Waals surface area contributed by atoms with Gasteiger partial charge in [0.05, 0.1) is 5.41 Å². The zero-order chi connectivity index (χ0) is 16.1. The van der Waals surface area contributed by atoms with E-state index in [1.807, 2.05) is 31.2 Å². The number of nitrogens with one attached hydrogen (secondary N) is 1. The molecule has 0 spiro atoms. The van der Waals surface area contributed by atoms with E-state index in [0.29, 0.717) is 12.2 Å². The lowest BCUT2D eigenvalue weighted by Crippen LogP contribution is -2.36. The lowest BCUT2D eigenvalue weighted by molar-refractivity contribution is -0.148. The highest BCUT2D eigenvalue weighted by molar-refractivity contribution is 9.10. The molecule has 6 heteroatoms. The molecule has 2 heterocycles. The molecule has 0 bridgehead atoms. The highest BCUT2D eigenvalue weighted by atomic mass is 79.9. The summed E-state index contributed by atoms with van der Waals surface area (Å²) in [5, 5.41) is 10.4. The molecular weight excluding hydrogens is 348 g/mol. The molecule has 1 aliphatic heterocycles. The molecule has 0 aliphatic carbocycles. The first-order valence-corrected chi connectivity index (χ1v) is 7.91. The molecular formula is C16H17BrN2O3. The summed E-state index contributed by atoms with van der Waals surface area (Å²) in [7, 11) is 0. The first-order chi connectivity index (χ1) is 10.3. The van der Waals surface area contributed by atoms with Gasteiger partial charge in [-0.25, -0.2) is 0 Å². The van der Waals surface area contributed by atoms with E-state index in [1.54, 1.807) is 11.8 Å². The standard InChI is InChI=1S/C16H17BrN2O3/c1-9-7-19(8-16(9,2)15(21)22)14(20)13-6-10-5-11(17)3-4-12(10)18-13/h3-6,9,18H,7-8H2,1-2H3,(H,21,22)/t9-,16-/m1/s1. The molecule has 0 saturated carbocycles. The number of aromatic nitrogens is 1. The number of amides is 1. The predicted molar refractivity (Wildman–Crippen MR) is 86.8 cm³/mol. The lowest BCUT2D eigenvalue weighted by Gasteiger charge is -2.22. The Kier molecular flexibility index (Phi) is 3.51. The molecule has 1 aromatic carbocycles. The molecule has 2 atom stereocenters. The van der Waals surface area contributed by atoms with Crippen molar-refractivity contribution < 1.29 is 14.7 Å². The second-order valence-corrected chi connectivity index (χ2v) is 7.14. The summed E-state index contributed by atoms with van der Waals surface area (Å²) in [6, 6.07) is 7.57. The molecule has 5 nitrogen and oxygen atoms in total. The summed E-state index contributed by atoms with van der Waals surface area (Å²) >= 11 is 3.41. The Labute approximate surface area is 136 Å². The van der Waals surface area contributed by atoms with Crippen molar-refractivity contribution in [3.8, 4) is 0 Å². The minimum atomic E-state index is -0.884. The van der Waals surface area contributed by atoms with E-state index in [1.165, 1.54) is 0 Å². The number of aromatic amines is 1. The number of carboxylic acids is 1. The first-order valence-electron chi connectivity index (χ1n) is 7.12. The molecule has 1 saturated heterocycles. The molecule has 3 rings (SSSR count). The molecule has 116 valence electrons. The van der Waals surface area contributed by atoms with Crippen molar-refractivity contribution >= 4 is 38.7 Å². The van der Waals surface area contributed by atoms with Gasteiger partial charge in [-0.05, 0) is 37.1 Å². The van der Waals surface area contributed by atoms with Gasteiger partial charge in [0, 0.05) is 28.5 Å². The molecule has 0 unspecified atom stereocenters. The van der Waals surface area contributed by atoms with Crippen LogP contribution in [0, 0.1) is 11.3 Å². The Morgan fingerprint density at radius 3 is 2.77 bits per heavy atom. The molecule has 2 N–H and O–H groups in total. The van der Waals surface area contributed by atoms with E-state index >= 15 is 0 Å². The van der Waals surface area contributed by atoms with Crippen molar-refractivity contribution in [2.75, 3.05) is 13.1 Å². The average molecular weight is 365 g/mol. The van der Waals surface area contributed by atoms with E-state index in [4.69, 9.17) is 0 Å². The molecule has 22 heavy (non-hydrogen) atoms. The zero-order valence-electron chi connectivity index (χ0n) is 12.4. The van der Waals surface area contributed by atoms with Gasteiger partial charge in [-0.3, -0.25) is 9.59 Å². The summed E-state index contributed by atoms with van der Waals surface area (Å²) < 4.78 is 0.950. The van der Waals surface area contributed by atoms with Gasteiger partial charge in [0.15, 0.2) is 0 Å². The second-order valence-electron chi connectivity index (χ2n) is 6.22. The van der Waals surface area contributed by atoms with E-state index in [0.717, 1.165) is 15.4 Å². The van der Waals surface area contributed by atoms with Gasteiger partial charge in [-0.15, -0.1) is 0 Å². The summed E-state index contributed by atoms with van der Waals surface area (Å²) in [5.74, 6) is -1.08. The maximum absolute atomic E-state index is 12.6. The van der Waals surface area contributed by atoms with Crippen molar-refractivity contribution in [1.29, 1.82) is 0 Å². The smallest absolute Gasteiger partial charge is 0.311 e. The molecule has 2 aromatic rings. The van der Waals surface area contributed by atoms with Crippen LogP contribution in [0.15, 0.2) is 28.7 Å². The highest BCUT2D eigenvalue weighted by Gasteiger charge is 2.48. The minimum Gasteiger partial charge on any atom is -0.481 e. The number of likely N-dealkylation sites (tertiary alicyclic amines) is 1. The van der Waals surface area contributed by atoms with Gasteiger partial charge in [-0.1, -0.05) is 22.9 Å². The van der Waals surface area contributed by atoms with Crippen LogP contribution in [0.3, 0.4) is 0 Å². The van der Waals surface area contributed by atoms with Crippen LogP contribution in [-0.4, -0.2) is 40.0 Å². The molecule has 1 amide bonds. The normalized spacial score (nSPS) is 24.9. The fourth-order valence-corrected chi connectivity index (χ4v) is 3.35. The number of halogens is 1. The number of carbonyl (C=O) groups excluding carboxylic acids is 1. The Balaban J connectivity index is 1.89. The number of H-pyrrole nitrogens is 1. The quantitative estimate of drug-likeness (QED) is 0.859. The number of fused-ring (bicyclic) bond motifs is 1. The summed E-state index contributed by atoms with van der Waals surface area (Å²) in [4.78, 5) is 28.8. The zero-order valence-corrected chi connectivity index (χ0v) is 14.0. The number of benzene rings is 1. The van der Waals surface area contributed by atoms with Crippen LogP contribution in [0.25, 0.3) is 10.9 Å². The van der Waals surface area contributed by atoms with Crippen molar-refractivity contribution in [3.05, 3.63) is 34.4 Å². The number of carbonyl (C=O) groups is 2. The van der Waals surface area contributed by atoms with Crippen molar-refractivity contribution in [3.63, 3.8) is 0 Å². The van der Waals surface area contributed by atoms with E-state index in [9.17, 15) is 14.7 Å². The van der Waals surface area contributed by atoms with Crippen LogP contribution >= 0.6 is 15.9 Å². The second kappa shape index (κ2) is 5.12. The third-order valence-electron chi connectivity index (χ3n) is 4.69. The number of hydrogen-bond donors (Lipinski definition) is 2. The topological polar surface area (TPSA) is 73.4 Å². The molecule has 1 aromatic heterocycles. The molecule has 1 fully saturated rings. The Morgan fingerprint density at radius 2 is 2.14 bits per heavy atom. The lowest BCUT2D eigenvalue weighted by atomic mass is 9.81. The van der Waals surface area contributed by atoms with Gasteiger partial charge in [0.2, 0.25) is 0 Å². The van der Waals surface area contributed by atoms with Gasteiger partial charge < -0.3 is 15.0 Å². The fourth-order valence-electron chi connectivity index (χ4n) is 2.97. The number of rotatable bonds is 2. The predicted octanol–water partition coefficient (Wildman–Crippen LogP) is 3.11. The number of hydrogen-bond acceptors (Lipinski definition) is 2. The van der Waals surface area contributed by atoms with Crippen molar-refractivity contribution in [2.45, 2.75) is 13.8 Å². The Morgan fingerprint density at radius 1 is 1.41 bits per heavy atom. The summed E-state index contributed by atoms with van der Waals surface area (Å²) in [6.45, 7) is 4.28. The van der Waals surface area contributed by atoms with Crippen LogP contribution in [0.5, 0.6) is 0 Å². The number of carboxylic acid groups (broad SMARTS) is 1. The third kappa shape index (κ3) is 2.31. The van der Waals surface area contributed by atoms with E-state index in [-0.39, 0.29) is 18.4 Å². The average Bonchev–Trinajstić information content (AvgIpc) is 3.00. The maximum atomic E-state index is 12.6. The third-order valence-corrected chi connectivity index (χ3v) is 5.18. The van der Waals surface area contributed by atoms with Crippen LogP contribution in [0.4, 0.5) is 0 Å². The van der Waals surface area contributed by atoms with Crippen LogP contribution < -0.4 is 0 Å². The molecule has 1 aliphatic rings. The van der Waals surface area contributed by atoms with Crippen LogP contribution in [-0.2, 0) is 4.79 Å². The Hall–Kier alpha value is -1.82. The summed E-state index contributed by atoms with van der Waals surface area (Å²) in [6.07, 6.45) is 0. The van der Waals surface area contributed by atoms with Gasteiger partial charge in [-0.2, -0.15) is 0 Å². The van der Waals surface area contributed by atoms with Crippen LogP contribution in [0.2, 0.25) is 0 Å². The number of aliphatic carboxylic acids is 1. The van der Waals surface area contributed by atoms with Crippen LogP contribution in [0.1, 0.15) is 24.3 Å². The van der Waals surface area contributed by atoms with Gasteiger partial charge >= 0.3 is 5.97 Å². The van der Waals surface area contributed by atoms with Gasteiger partial charge in [0.1, 0.15) is 5.69 Å². The largest absolute Gasteiger partial charge is 0.481 e. The highest BCUT2D eigenvalue weighted by Crippen LogP contribution is 2.36. The first kappa shape index (κ1) is 15.1. The fraction of sp³-hybridized carbons (Fsp3) is 0.375. The van der Waals surface area contributed by atoms with E-state index < -0.39 is 11.4 Å². The van der Waals surface area contributed by atoms with Gasteiger partial charge in [0.25, 0.3) is 5.91 Å². The van der Waals surface area contributed by atoms with E-state index in [2.05, 4.69) is 20.9 Å². The maximum Gasteiger partial charge on any atom is 0.311 e. The number of nitrogens with zero attached hydrogens (tertiary/aromatic N) is 1. The Bertz CT molecular complexity index is 770.